The molecule has 1 aromatic rings. The Hall–Kier alpha value is -1.11. The van der Waals surface area contributed by atoms with Gasteiger partial charge in [-0.3, -0.25) is 0 Å². The van der Waals surface area contributed by atoms with Crippen LogP contribution in [0.3, 0.4) is 0 Å². The van der Waals surface area contributed by atoms with Crippen LogP contribution in [0.1, 0.15) is 32.3 Å². The van der Waals surface area contributed by atoms with Crippen molar-refractivity contribution in [2.75, 3.05) is 13.7 Å². The lowest BCUT2D eigenvalue weighted by atomic mass is 10.1. The van der Waals surface area contributed by atoms with Gasteiger partial charge in [0.15, 0.2) is 0 Å². The molecule has 0 spiro atoms. The molecule has 0 unspecified atom stereocenters. The van der Waals surface area contributed by atoms with Gasteiger partial charge in [0.2, 0.25) is 10.0 Å². The van der Waals surface area contributed by atoms with Gasteiger partial charge in [-0.1, -0.05) is 0 Å². The largest absolute Gasteiger partial charge is 0.497 e. The Kier molecular flexibility index (Phi) is 5.24. The topological polar surface area (TPSA) is 67.4 Å². The summed E-state index contributed by atoms with van der Waals surface area (Å²) in [6.07, 6.45) is 3.11. The second kappa shape index (κ2) is 6.77. The molecule has 1 aromatic carbocycles. The summed E-state index contributed by atoms with van der Waals surface area (Å²) in [5, 5.41) is 3.41. The minimum absolute atomic E-state index is 0.130. The first-order chi connectivity index (χ1) is 9.92. The zero-order chi connectivity index (χ0) is 15.5. The minimum Gasteiger partial charge on any atom is -0.497 e. The van der Waals surface area contributed by atoms with E-state index < -0.39 is 10.0 Å². The third-order valence-corrected chi connectivity index (χ3v) is 5.11. The smallest absolute Gasteiger partial charge is 0.241 e. The van der Waals surface area contributed by atoms with Crippen molar-refractivity contribution in [1.29, 1.82) is 0 Å². The Morgan fingerprint density at radius 3 is 2.62 bits per heavy atom. The maximum atomic E-state index is 12.4. The first kappa shape index (κ1) is 16.3. The molecule has 1 aliphatic carbocycles. The number of hydrogen-bond donors (Lipinski definition) is 2. The lowest BCUT2D eigenvalue weighted by Crippen LogP contribution is -2.31. The van der Waals surface area contributed by atoms with E-state index in [2.05, 4.69) is 10.0 Å². The van der Waals surface area contributed by atoms with Crippen molar-refractivity contribution in [2.45, 2.75) is 50.1 Å². The molecule has 0 aromatic heterocycles. The van der Waals surface area contributed by atoms with Gasteiger partial charge in [0.25, 0.3) is 0 Å². The van der Waals surface area contributed by atoms with Gasteiger partial charge >= 0.3 is 0 Å². The maximum absolute atomic E-state index is 12.4. The van der Waals surface area contributed by atoms with E-state index in [1.165, 1.54) is 12.8 Å². The van der Waals surface area contributed by atoms with E-state index in [-0.39, 0.29) is 6.04 Å². The van der Waals surface area contributed by atoms with E-state index in [1.807, 2.05) is 19.9 Å². The Bertz CT molecular complexity index is 581. The van der Waals surface area contributed by atoms with Gasteiger partial charge in [-0.2, -0.15) is 0 Å². The fourth-order valence-corrected chi connectivity index (χ4v) is 3.71. The van der Waals surface area contributed by atoms with E-state index in [1.54, 1.807) is 19.2 Å². The third kappa shape index (κ3) is 4.69. The quantitative estimate of drug-likeness (QED) is 0.766. The van der Waals surface area contributed by atoms with Crippen LogP contribution in [0.2, 0.25) is 0 Å². The van der Waals surface area contributed by atoms with Gasteiger partial charge in [0.05, 0.1) is 12.0 Å². The van der Waals surface area contributed by atoms with Crippen LogP contribution in [-0.2, 0) is 16.4 Å². The minimum atomic E-state index is -3.48. The fraction of sp³-hybridized carbons (Fsp3) is 0.600. The van der Waals surface area contributed by atoms with Crippen molar-refractivity contribution >= 4 is 10.0 Å². The summed E-state index contributed by atoms with van der Waals surface area (Å²) in [6, 6.07) is 5.60. The standard InChI is InChI=1S/C15H24N2O3S/c1-11(2)17-21(18,19)15-7-6-14(20-3)10-12(15)8-9-16-13-4-5-13/h6-7,10-11,13,16-17H,4-5,8-9H2,1-3H3. The van der Waals surface area contributed by atoms with Crippen LogP contribution in [0.4, 0.5) is 0 Å². The highest BCUT2D eigenvalue weighted by atomic mass is 32.2. The number of nitrogens with one attached hydrogen (secondary N) is 2. The maximum Gasteiger partial charge on any atom is 0.241 e. The average molecular weight is 312 g/mol. The monoisotopic (exact) mass is 312 g/mol. The predicted molar refractivity (Wildman–Crippen MR) is 83.2 cm³/mol. The molecular formula is C15H24N2O3S. The second-order valence-electron chi connectivity index (χ2n) is 5.73. The van der Waals surface area contributed by atoms with Gasteiger partial charge in [0, 0.05) is 12.1 Å². The summed E-state index contributed by atoms with van der Waals surface area (Å²) >= 11 is 0. The van der Waals surface area contributed by atoms with Crippen LogP contribution >= 0.6 is 0 Å². The van der Waals surface area contributed by atoms with Crippen molar-refractivity contribution in [3.8, 4) is 5.75 Å². The Balaban J connectivity index is 2.20. The van der Waals surface area contributed by atoms with Crippen molar-refractivity contribution in [3.63, 3.8) is 0 Å². The van der Waals surface area contributed by atoms with Crippen LogP contribution < -0.4 is 14.8 Å². The zero-order valence-electron chi connectivity index (χ0n) is 12.8. The van der Waals surface area contributed by atoms with E-state index in [4.69, 9.17) is 4.74 Å². The number of hydrogen-bond acceptors (Lipinski definition) is 4. The molecule has 6 heteroatoms. The highest BCUT2D eigenvalue weighted by Gasteiger charge is 2.22. The van der Waals surface area contributed by atoms with Crippen molar-refractivity contribution in [1.82, 2.24) is 10.0 Å². The lowest BCUT2D eigenvalue weighted by Gasteiger charge is -2.15. The van der Waals surface area contributed by atoms with E-state index in [0.29, 0.717) is 23.1 Å². The van der Waals surface area contributed by atoms with Crippen LogP contribution in [0.5, 0.6) is 5.75 Å². The van der Waals surface area contributed by atoms with Crippen molar-refractivity contribution in [3.05, 3.63) is 23.8 Å². The SMILES string of the molecule is COc1ccc(S(=O)(=O)NC(C)C)c(CCNC2CC2)c1. The Morgan fingerprint density at radius 1 is 1.33 bits per heavy atom. The summed E-state index contributed by atoms with van der Waals surface area (Å²) in [4.78, 5) is 0.342. The number of sulfonamides is 1. The molecule has 1 aliphatic rings. The van der Waals surface area contributed by atoms with Gasteiger partial charge in [-0.25, -0.2) is 13.1 Å². The molecule has 0 saturated heterocycles. The van der Waals surface area contributed by atoms with Crippen molar-refractivity contribution in [2.24, 2.45) is 0 Å². The first-order valence-corrected chi connectivity index (χ1v) is 8.83. The number of ether oxygens (including phenoxy) is 1. The van der Waals surface area contributed by atoms with E-state index >= 15 is 0 Å². The first-order valence-electron chi connectivity index (χ1n) is 7.35. The molecular weight excluding hydrogens is 288 g/mol. The highest BCUT2D eigenvalue weighted by molar-refractivity contribution is 7.89. The van der Waals surface area contributed by atoms with Crippen LogP contribution in [0.15, 0.2) is 23.1 Å². The number of benzene rings is 1. The van der Waals surface area contributed by atoms with Crippen LogP contribution in [-0.4, -0.2) is 34.2 Å². The Labute approximate surface area is 127 Å². The van der Waals surface area contributed by atoms with E-state index in [0.717, 1.165) is 12.1 Å². The van der Waals surface area contributed by atoms with Gasteiger partial charge < -0.3 is 10.1 Å². The van der Waals surface area contributed by atoms with Crippen LogP contribution in [0, 0.1) is 0 Å². The highest BCUT2D eigenvalue weighted by Crippen LogP contribution is 2.23. The summed E-state index contributed by atoms with van der Waals surface area (Å²) in [5.41, 5.74) is 0.788. The molecule has 0 aliphatic heterocycles. The van der Waals surface area contributed by atoms with Gasteiger partial charge in [0.1, 0.15) is 5.75 Å². The molecule has 1 saturated carbocycles. The zero-order valence-corrected chi connectivity index (χ0v) is 13.7. The molecule has 118 valence electrons. The van der Waals surface area contributed by atoms with Crippen LogP contribution in [0.25, 0.3) is 0 Å². The summed E-state index contributed by atoms with van der Waals surface area (Å²) in [5.74, 6) is 0.680. The lowest BCUT2D eigenvalue weighted by molar-refractivity contribution is 0.413. The number of methoxy groups -OCH3 is 1. The molecule has 1 fully saturated rings. The third-order valence-electron chi connectivity index (χ3n) is 3.35. The number of rotatable bonds is 8. The second-order valence-corrected chi connectivity index (χ2v) is 7.41. The molecule has 2 N–H and O–H groups in total. The predicted octanol–water partition coefficient (Wildman–Crippen LogP) is 1.68. The molecule has 0 amide bonds. The molecule has 5 nitrogen and oxygen atoms in total. The van der Waals surface area contributed by atoms with Crippen molar-refractivity contribution < 1.29 is 13.2 Å². The summed E-state index contributed by atoms with van der Waals surface area (Å²) in [6.45, 7) is 4.41. The summed E-state index contributed by atoms with van der Waals surface area (Å²) < 4.78 is 32.6. The molecule has 2 rings (SSSR count). The van der Waals surface area contributed by atoms with Gasteiger partial charge in [-0.15, -0.1) is 0 Å². The molecule has 0 heterocycles. The fourth-order valence-electron chi connectivity index (χ4n) is 2.21. The molecule has 0 bridgehead atoms. The van der Waals surface area contributed by atoms with E-state index in [9.17, 15) is 8.42 Å². The molecule has 0 atom stereocenters. The summed E-state index contributed by atoms with van der Waals surface area (Å²) in [7, 11) is -1.90. The van der Waals surface area contributed by atoms with Gasteiger partial charge in [-0.05, 0) is 63.4 Å². The molecule has 21 heavy (non-hydrogen) atoms. The average Bonchev–Trinajstić information content (AvgIpc) is 3.21. The normalized spacial score (nSPS) is 15.4. The molecule has 0 radical (unpaired) electrons. The Morgan fingerprint density at radius 2 is 2.05 bits per heavy atom.